The van der Waals surface area contributed by atoms with Crippen molar-refractivity contribution in [1.82, 2.24) is 15.5 Å². The highest BCUT2D eigenvalue weighted by Crippen LogP contribution is 2.35. The molecule has 1 aliphatic rings. The first-order chi connectivity index (χ1) is 14.1. The molecule has 11 heteroatoms. The molecule has 1 fully saturated rings. The zero-order valence-corrected chi connectivity index (χ0v) is 17.2. The molecule has 0 aliphatic carbocycles. The summed E-state index contributed by atoms with van der Waals surface area (Å²) in [5.41, 5.74) is 2.52. The van der Waals surface area contributed by atoms with E-state index in [4.69, 9.17) is 21.2 Å². The van der Waals surface area contributed by atoms with Crippen molar-refractivity contribution in [3.05, 3.63) is 52.7 Å². The fourth-order valence-corrected chi connectivity index (χ4v) is 3.41. The Morgan fingerprint density at radius 3 is 2.60 bits per heavy atom. The second-order valence-corrected chi connectivity index (χ2v) is 7.13. The summed E-state index contributed by atoms with van der Waals surface area (Å²) in [6, 6.07) is 8.03. The number of rotatable bonds is 5. The second kappa shape index (κ2) is 8.66. The molecule has 2 heterocycles. The summed E-state index contributed by atoms with van der Waals surface area (Å²) in [5.74, 6) is 0.228. The lowest BCUT2D eigenvalue weighted by Gasteiger charge is -2.22. The fourth-order valence-electron chi connectivity index (χ4n) is 3.12. The molecule has 1 aromatic carbocycles. The van der Waals surface area contributed by atoms with Crippen LogP contribution in [0, 0.1) is 0 Å². The molecular weight excluding hydrogens is 425 g/mol. The maximum atomic E-state index is 12.8. The number of alkyl halides is 3. The summed E-state index contributed by atoms with van der Waals surface area (Å²) in [5, 5.41) is 2.51. The van der Waals surface area contributed by atoms with Crippen molar-refractivity contribution in [3.8, 4) is 5.75 Å². The predicted molar refractivity (Wildman–Crippen MR) is 104 cm³/mol. The number of benzene rings is 1. The molecule has 0 spiro atoms. The van der Waals surface area contributed by atoms with E-state index in [0.717, 1.165) is 22.4 Å². The Morgan fingerprint density at radius 1 is 1.37 bits per heavy atom. The number of ether oxygens (including phenoxy) is 1. The van der Waals surface area contributed by atoms with Gasteiger partial charge in [0.2, 0.25) is 0 Å². The van der Waals surface area contributed by atoms with Crippen LogP contribution in [0.2, 0.25) is 5.02 Å². The van der Waals surface area contributed by atoms with Gasteiger partial charge in [0, 0.05) is 26.7 Å². The summed E-state index contributed by atoms with van der Waals surface area (Å²) in [6.07, 6.45) is -4.31. The molecule has 0 bridgehead atoms. The molecule has 2 atom stereocenters. The van der Waals surface area contributed by atoms with Crippen LogP contribution in [-0.4, -0.2) is 43.3 Å². The largest absolute Gasteiger partial charge is 0.497 e. The number of nitrogens with one attached hydrogen (secondary N) is 1. The first-order valence-corrected chi connectivity index (χ1v) is 9.28. The molecule has 162 valence electrons. The van der Waals surface area contributed by atoms with Gasteiger partial charge in [-0.2, -0.15) is 18.2 Å². The number of hydrazine groups is 1. The Kier molecular flexibility index (Phi) is 6.39. The summed E-state index contributed by atoms with van der Waals surface area (Å²) in [4.78, 5) is 22.0. The summed E-state index contributed by atoms with van der Waals surface area (Å²) >= 11 is 5.92. The lowest BCUT2D eigenvalue weighted by atomic mass is 10.0. The number of hydroxylamine groups is 2. The number of carbonyl (C=O) groups excluding carboxylic acids is 1. The Bertz CT molecular complexity index is 911. The van der Waals surface area contributed by atoms with Crippen molar-refractivity contribution in [2.24, 2.45) is 0 Å². The predicted octanol–water partition coefficient (Wildman–Crippen LogP) is 3.61. The highest BCUT2D eigenvalue weighted by molar-refractivity contribution is 6.33. The van der Waals surface area contributed by atoms with E-state index >= 15 is 0 Å². The van der Waals surface area contributed by atoms with Crippen LogP contribution in [0.15, 0.2) is 36.5 Å². The van der Waals surface area contributed by atoms with Crippen molar-refractivity contribution in [2.45, 2.75) is 24.7 Å². The van der Waals surface area contributed by atoms with E-state index in [9.17, 15) is 18.0 Å². The molecule has 0 saturated carbocycles. The van der Waals surface area contributed by atoms with E-state index in [0.29, 0.717) is 12.6 Å². The fraction of sp³-hybridized carbons (Fsp3) is 0.368. The molecule has 30 heavy (non-hydrogen) atoms. The van der Waals surface area contributed by atoms with Gasteiger partial charge in [0.05, 0.1) is 23.7 Å². The quantitative estimate of drug-likeness (QED) is 0.711. The van der Waals surface area contributed by atoms with Crippen molar-refractivity contribution in [3.63, 3.8) is 0 Å². The van der Waals surface area contributed by atoms with Gasteiger partial charge < -0.3 is 4.74 Å². The minimum atomic E-state index is -4.56. The third-order valence-corrected chi connectivity index (χ3v) is 4.99. The minimum absolute atomic E-state index is 0.0175. The number of carbonyl (C=O) groups is 1. The Labute approximate surface area is 176 Å². The van der Waals surface area contributed by atoms with Crippen molar-refractivity contribution in [2.75, 3.05) is 26.2 Å². The van der Waals surface area contributed by atoms with Crippen LogP contribution in [0.3, 0.4) is 0 Å². The van der Waals surface area contributed by atoms with E-state index in [2.05, 4.69) is 10.4 Å². The van der Waals surface area contributed by atoms with E-state index in [1.54, 1.807) is 19.2 Å². The summed E-state index contributed by atoms with van der Waals surface area (Å²) in [6.45, 7) is 0. The van der Waals surface area contributed by atoms with Gasteiger partial charge in [-0.05, 0) is 23.8 Å². The third kappa shape index (κ3) is 4.77. The molecule has 2 aromatic rings. The number of pyridine rings is 1. The number of amides is 1. The van der Waals surface area contributed by atoms with E-state index in [1.807, 2.05) is 24.3 Å². The first kappa shape index (κ1) is 22.1. The summed E-state index contributed by atoms with van der Waals surface area (Å²) in [7, 11) is 4.73. The van der Waals surface area contributed by atoms with Gasteiger partial charge in [-0.1, -0.05) is 23.7 Å². The highest BCUT2D eigenvalue weighted by atomic mass is 35.5. The number of anilines is 1. The Balaban J connectivity index is 1.66. The number of nitrogens with zero attached hydrogens (tertiary/aromatic N) is 3. The highest BCUT2D eigenvalue weighted by Gasteiger charge is 2.37. The molecule has 3 rings (SSSR count). The Morgan fingerprint density at radius 2 is 2.03 bits per heavy atom. The lowest BCUT2D eigenvalue weighted by molar-refractivity contribution is -0.163. The van der Waals surface area contributed by atoms with Crippen molar-refractivity contribution < 1.29 is 27.5 Å². The van der Waals surface area contributed by atoms with Crippen LogP contribution in [0.4, 0.5) is 19.0 Å². The number of halogens is 4. The van der Waals surface area contributed by atoms with Gasteiger partial charge in [-0.15, -0.1) is 0 Å². The average molecular weight is 445 g/mol. The van der Waals surface area contributed by atoms with Gasteiger partial charge in [0.1, 0.15) is 5.75 Å². The topological polar surface area (TPSA) is 66.9 Å². The maximum Gasteiger partial charge on any atom is 0.417 e. The maximum absolute atomic E-state index is 12.8. The number of methoxy groups -OCH3 is 1. The molecule has 1 aliphatic heterocycles. The van der Waals surface area contributed by atoms with Gasteiger partial charge in [0.15, 0.2) is 11.9 Å². The molecule has 1 saturated heterocycles. The van der Waals surface area contributed by atoms with Crippen LogP contribution in [-0.2, 0) is 15.8 Å². The standard InChI is InChI=1S/C19H20ClF3N4O3/c1-26(17-14(20)8-12(10-24-17)19(21,22)23)25-18(28)16-9-15(27(2)30-16)11-4-6-13(29-3)7-5-11/h4-8,10,15-16H,9H2,1-3H3,(H,25,28)/t15-,16-/m1/s1. The van der Waals surface area contributed by atoms with Crippen molar-refractivity contribution >= 4 is 23.3 Å². The van der Waals surface area contributed by atoms with Crippen LogP contribution in [0.1, 0.15) is 23.6 Å². The first-order valence-electron chi connectivity index (χ1n) is 8.90. The van der Waals surface area contributed by atoms with Crippen LogP contribution < -0.4 is 15.2 Å². The molecule has 7 nitrogen and oxygen atoms in total. The zero-order valence-electron chi connectivity index (χ0n) is 16.4. The van der Waals surface area contributed by atoms with Gasteiger partial charge in [-0.25, -0.2) is 4.98 Å². The van der Waals surface area contributed by atoms with E-state index in [1.165, 1.54) is 7.05 Å². The molecular formula is C19H20ClF3N4O3. The lowest BCUT2D eigenvalue weighted by Crippen LogP contribution is -2.45. The molecule has 1 amide bonds. The molecule has 1 aromatic heterocycles. The SMILES string of the molecule is COc1ccc([C@H]2C[C@H](C(=O)NN(C)c3ncc(C(F)(F)F)cc3Cl)ON2C)cc1. The molecule has 1 N–H and O–H groups in total. The van der Waals surface area contributed by atoms with Crippen LogP contribution in [0.5, 0.6) is 5.75 Å². The minimum Gasteiger partial charge on any atom is -0.497 e. The second-order valence-electron chi connectivity index (χ2n) is 6.73. The average Bonchev–Trinajstić information content (AvgIpc) is 3.09. The monoisotopic (exact) mass is 444 g/mol. The van der Waals surface area contributed by atoms with Crippen LogP contribution >= 0.6 is 11.6 Å². The van der Waals surface area contributed by atoms with Crippen molar-refractivity contribution in [1.29, 1.82) is 0 Å². The van der Waals surface area contributed by atoms with E-state index in [-0.39, 0.29) is 16.9 Å². The van der Waals surface area contributed by atoms with E-state index < -0.39 is 23.8 Å². The summed E-state index contributed by atoms with van der Waals surface area (Å²) < 4.78 is 43.4. The molecule has 0 unspecified atom stereocenters. The van der Waals surface area contributed by atoms with Gasteiger partial charge in [0.25, 0.3) is 5.91 Å². The number of hydrogen-bond donors (Lipinski definition) is 1. The molecule has 0 radical (unpaired) electrons. The number of hydrogen-bond acceptors (Lipinski definition) is 6. The zero-order chi connectivity index (χ0) is 22.1. The third-order valence-electron chi connectivity index (χ3n) is 4.71. The number of aromatic nitrogens is 1. The normalized spacial score (nSPS) is 19.6. The smallest absolute Gasteiger partial charge is 0.417 e. The van der Waals surface area contributed by atoms with Crippen LogP contribution in [0.25, 0.3) is 0 Å². The Hall–Kier alpha value is -2.56. The van der Waals surface area contributed by atoms with Gasteiger partial charge >= 0.3 is 6.18 Å². The van der Waals surface area contributed by atoms with Gasteiger partial charge in [-0.3, -0.25) is 20.1 Å².